The van der Waals surface area contributed by atoms with Gasteiger partial charge in [-0.25, -0.2) is 8.42 Å². The van der Waals surface area contributed by atoms with Crippen LogP contribution in [-0.2, 0) is 25.8 Å². The Morgan fingerprint density at radius 2 is 1.47 bits per heavy atom. The highest BCUT2D eigenvalue weighted by molar-refractivity contribution is 7.91. The Bertz CT molecular complexity index is 1370. The van der Waals surface area contributed by atoms with Gasteiger partial charge in [0.25, 0.3) is 0 Å². The first kappa shape index (κ1) is 23.3. The molecule has 0 aliphatic rings. The van der Waals surface area contributed by atoms with E-state index in [4.69, 9.17) is 13.9 Å². The zero-order valence-electron chi connectivity index (χ0n) is 18.9. The van der Waals surface area contributed by atoms with Gasteiger partial charge in [0.15, 0.2) is 5.76 Å². The van der Waals surface area contributed by atoms with Crippen LogP contribution < -0.4 is 4.74 Å². The molecule has 4 aromatic rings. The molecule has 0 amide bonds. The fourth-order valence-electron chi connectivity index (χ4n) is 3.73. The topological polar surface area (TPSA) is 82.8 Å². The number of benzene rings is 3. The molecule has 0 spiro atoms. The van der Waals surface area contributed by atoms with Crippen LogP contribution in [0.1, 0.15) is 12.7 Å². The van der Waals surface area contributed by atoms with Gasteiger partial charge in [0, 0.05) is 11.1 Å². The summed E-state index contributed by atoms with van der Waals surface area (Å²) in [4.78, 5) is 12.6. The van der Waals surface area contributed by atoms with E-state index in [1.807, 2.05) is 6.07 Å². The average molecular weight is 477 g/mol. The van der Waals surface area contributed by atoms with E-state index in [2.05, 4.69) is 0 Å². The second-order valence-electron chi connectivity index (χ2n) is 7.45. The molecule has 7 heteroatoms. The summed E-state index contributed by atoms with van der Waals surface area (Å²) >= 11 is 0. The van der Waals surface area contributed by atoms with Crippen molar-refractivity contribution in [1.82, 2.24) is 0 Å². The van der Waals surface area contributed by atoms with E-state index in [9.17, 15) is 13.2 Å². The van der Waals surface area contributed by atoms with Crippen LogP contribution >= 0.6 is 0 Å². The number of carbonyl (C=O) groups excluding carboxylic acids is 1. The second-order valence-corrected chi connectivity index (χ2v) is 9.34. The lowest BCUT2D eigenvalue weighted by atomic mass is 10.0. The van der Waals surface area contributed by atoms with Crippen molar-refractivity contribution in [3.05, 3.63) is 90.7 Å². The van der Waals surface area contributed by atoms with Gasteiger partial charge in [0.1, 0.15) is 22.8 Å². The number of hydrogen-bond acceptors (Lipinski definition) is 6. The molecule has 0 aliphatic heterocycles. The Labute approximate surface area is 198 Å². The minimum Gasteiger partial charge on any atom is -0.497 e. The second kappa shape index (κ2) is 9.97. The van der Waals surface area contributed by atoms with Crippen molar-refractivity contribution in [1.29, 1.82) is 0 Å². The van der Waals surface area contributed by atoms with Gasteiger partial charge >= 0.3 is 5.97 Å². The quantitative estimate of drug-likeness (QED) is 0.310. The number of sulfone groups is 1. The molecule has 0 saturated heterocycles. The van der Waals surface area contributed by atoms with Crippen molar-refractivity contribution in [2.75, 3.05) is 13.7 Å². The lowest BCUT2D eigenvalue weighted by Gasteiger charge is -2.10. The van der Waals surface area contributed by atoms with Gasteiger partial charge in [-0.15, -0.1) is 0 Å². The highest BCUT2D eigenvalue weighted by atomic mass is 32.2. The molecule has 4 rings (SSSR count). The average Bonchev–Trinajstić information content (AvgIpc) is 3.25. The van der Waals surface area contributed by atoms with Crippen molar-refractivity contribution >= 4 is 15.8 Å². The van der Waals surface area contributed by atoms with E-state index in [0.29, 0.717) is 22.4 Å². The molecule has 174 valence electrons. The van der Waals surface area contributed by atoms with E-state index >= 15 is 0 Å². The van der Waals surface area contributed by atoms with E-state index in [1.54, 1.807) is 92.9 Å². The zero-order valence-corrected chi connectivity index (χ0v) is 19.7. The number of esters is 1. The van der Waals surface area contributed by atoms with Gasteiger partial charge in [-0.3, -0.25) is 4.79 Å². The largest absolute Gasteiger partial charge is 0.497 e. The molecular formula is C27H24O6S. The minimum absolute atomic E-state index is 0.00867. The van der Waals surface area contributed by atoms with Gasteiger partial charge in [-0.2, -0.15) is 0 Å². The van der Waals surface area contributed by atoms with Crippen LogP contribution in [0.5, 0.6) is 5.75 Å². The number of ether oxygens (including phenoxy) is 2. The number of rotatable bonds is 8. The van der Waals surface area contributed by atoms with Gasteiger partial charge in [-0.05, 0) is 36.8 Å². The van der Waals surface area contributed by atoms with Crippen molar-refractivity contribution in [2.24, 2.45) is 0 Å². The van der Waals surface area contributed by atoms with Crippen LogP contribution in [0.25, 0.3) is 22.5 Å². The standard InChI is InChI=1S/C27H24O6S/c1-3-32-24(28)18-23-25(19-14-16-21(31-2)17-15-19)27(26(33-23)20-10-6-4-7-11-20)34(29,30)22-12-8-5-9-13-22/h4-17H,3,18H2,1-2H3. The van der Waals surface area contributed by atoms with E-state index < -0.39 is 15.8 Å². The summed E-state index contributed by atoms with van der Waals surface area (Å²) in [6, 6.07) is 24.1. The maximum atomic E-state index is 14.0. The molecule has 0 atom stereocenters. The number of furan rings is 1. The highest BCUT2D eigenvalue weighted by Crippen LogP contribution is 2.44. The lowest BCUT2D eigenvalue weighted by Crippen LogP contribution is -2.08. The van der Waals surface area contributed by atoms with Crippen LogP contribution in [-0.4, -0.2) is 28.1 Å². The third-order valence-corrected chi connectivity index (χ3v) is 7.10. The Hall–Kier alpha value is -3.84. The maximum Gasteiger partial charge on any atom is 0.313 e. The molecular weight excluding hydrogens is 452 g/mol. The maximum absolute atomic E-state index is 14.0. The smallest absolute Gasteiger partial charge is 0.313 e. The van der Waals surface area contributed by atoms with Crippen LogP contribution in [0.2, 0.25) is 0 Å². The summed E-state index contributed by atoms with van der Waals surface area (Å²) in [5.74, 6) is 0.510. The Kier molecular flexibility index (Phi) is 6.84. The summed E-state index contributed by atoms with van der Waals surface area (Å²) in [5, 5.41) is 0. The van der Waals surface area contributed by atoms with Crippen LogP contribution in [0.4, 0.5) is 0 Å². The molecule has 3 aromatic carbocycles. The van der Waals surface area contributed by atoms with E-state index in [0.717, 1.165) is 0 Å². The number of methoxy groups -OCH3 is 1. The number of hydrogen-bond donors (Lipinski definition) is 0. The Morgan fingerprint density at radius 1 is 0.853 bits per heavy atom. The third kappa shape index (κ3) is 4.61. The summed E-state index contributed by atoms with van der Waals surface area (Å²) in [6.45, 7) is 1.92. The van der Waals surface area contributed by atoms with E-state index in [-0.39, 0.29) is 34.3 Å². The van der Waals surface area contributed by atoms with Crippen LogP contribution in [0.3, 0.4) is 0 Å². The lowest BCUT2D eigenvalue weighted by molar-refractivity contribution is -0.142. The van der Waals surface area contributed by atoms with Gasteiger partial charge in [0.2, 0.25) is 9.84 Å². The van der Waals surface area contributed by atoms with Gasteiger partial charge in [-0.1, -0.05) is 60.7 Å². The van der Waals surface area contributed by atoms with Gasteiger partial charge in [0.05, 0.1) is 18.6 Å². The third-order valence-electron chi connectivity index (χ3n) is 5.28. The molecule has 1 heterocycles. The van der Waals surface area contributed by atoms with Crippen molar-refractivity contribution in [2.45, 2.75) is 23.1 Å². The van der Waals surface area contributed by atoms with Crippen molar-refractivity contribution < 1.29 is 27.1 Å². The van der Waals surface area contributed by atoms with Gasteiger partial charge < -0.3 is 13.9 Å². The first-order valence-electron chi connectivity index (χ1n) is 10.8. The molecule has 0 unspecified atom stereocenters. The molecule has 0 bridgehead atoms. The highest BCUT2D eigenvalue weighted by Gasteiger charge is 2.33. The summed E-state index contributed by atoms with van der Waals surface area (Å²) in [7, 11) is -2.46. The molecule has 0 fully saturated rings. The Morgan fingerprint density at radius 3 is 2.06 bits per heavy atom. The molecule has 6 nitrogen and oxygen atoms in total. The zero-order chi connectivity index (χ0) is 24.1. The van der Waals surface area contributed by atoms with Crippen molar-refractivity contribution in [3.63, 3.8) is 0 Å². The molecule has 0 N–H and O–H groups in total. The summed E-state index contributed by atoms with van der Waals surface area (Å²) < 4.78 is 44.5. The Balaban J connectivity index is 2.04. The fraction of sp³-hybridized carbons (Fsp3) is 0.148. The molecule has 0 saturated carbocycles. The predicted molar refractivity (Wildman–Crippen MR) is 128 cm³/mol. The molecule has 0 aliphatic carbocycles. The molecule has 0 radical (unpaired) electrons. The summed E-state index contributed by atoms with van der Waals surface area (Å²) in [5.41, 5.74) is 1.50. The minimum atomic E-state index is -4.02. The normalized spacial score (nSPS) is 11.2. The predicted octanol–water partition coefficient (Wildman–Crippen LogP) is 5.56. The van der Waals surface area contributed by atoms with E-state index in [1.165, 1.54) is 0 Å². The number of carbonyl (C=O) groups is 1. The molecule has 1 aromatic heterocycles. The first-order valence-corrected chi connectivity index (χ1v) is 12.2. The van der Waals surface area contributed by atoms with Crippen LogP contribution in [0.15, 0.2) is 99.1 Å². The fourth-order valence-corrected chi connectivity index (χ4v) is 5.39. The van der Waals surface area contributed by atoms with Crippen LogP contribution in [0, 0.1) is 0 Å². The summed E-state index contributed by atoms with van der Waals surface area (Å²) in [6.07, 6.45) is -0.209. The monoisotopic (exact) mass is 476 g/mol. The first-order chi connectivity index (χ1) is 16.5. The van der Waals surface area contributed by atoms with Crippen molar-refractivity contribution in [3.8, 4) is 28.2 Å². The molecule has 34 heavy (non-hydrogen) atoms. The SMILES string of the molecule is CCOC(=O)Cc1oc(-c2ccccc2)c(S(=O)(=O)c2ccccc2)c1-c1ccc(OC)cc1.